The zero-order valence-electron chi connectivity index (χ0n) is 16.0. The monoisotopic (exact) mass is 363 g/mol. The van der Waals surface area contributed by atoms with Crippen LogP contribution in [-0.4, -0.2) is 50.1 Å². The number of hydrogen-bond acceptors (Lipinski definition) is 3. The molecule has 2 aliphatic heterocycles. The van der Waals surface area contributed by atoms with Gasteiger partial charge in [0.25, 0.3) is 0 Å². The van der Waals surface area contributed by atoms with Crippen LogP contribution in [0, 0.1) is 0 Å². The van der Waals surface area contributed by atoms with E-state index < -0.39 is 0 Å². The number of piperazine rings is 1. The van der Waals surface area contributed by atoms with Gasteiger partial charge in [0.2, 0.25) is 5.91 Å². The number of carbonyl (C=O) groups excluding carboxylic acids is 1. The molecule has 0 aromatic heterocycles. The minimum absolute atomic E-state index is 0.237. The van der Waals surface area contributed by atoms with Crippen LogP contribution in [0.1, 0.15) is 24.8 Å². The van der Waals surface area contributed by atoms with Crippen molar-refractivity contribution in [2.75, 3.05) is 49.1 Å². The first-order chi connectivity index (χ1) is 13.3. The maximum absolute atomic E-state index is 12.5. The third kappa shape index (κ3) is 4.44. The maximum atomic E-state index is 12.5. The summed E-state index contributed by atoms with van der Waals surface area (Å²) in [7, 11) is 0. The second kappa shape index (κ2) is 8.47. The summed E-state index contributed by atoms with van der Waals surface area (Å²) < 4.78 is 0. The van der Waals surface area contributed by atoms with Crippen molar-refractivity contribution in [3.05, 3.63) is 60.2 Å². The summed E-state index contributed by atoms with van der Waals surface area (Å²) in [5.74, 6) is 0.237. The first-order valence-corrected chi connectivity index (χ1v) is 10.2. The van der Waals surface area contributed by atoms with Crippen LogP contribution in [0.3, 0.4) is 0 Å². The molecule has 0 radical (unpaired) electrons. The van der Waals surface area contributed by atoms with E-state index in [1.807, 2.05) is 35.2 Å². The first kappa shape index (κ1) is 17.9. The van der Waals surface area contributed by atoms with Gasteiger partial charge < -0.3 is 14.7 Å². The lowest BCUT2D eigenvalue weighted by atomic mass is 10.1. The fourth-order valence-electron chi connectivity index (χ4n) is 4.12. The standard InChI is InChI=1S/C23H29N3O/c27-23(19-20-7-3-1-4-8-20)26-17-15-25(16-18-26)22-11-9-21(10-12-22)24-13-5-2-6-14-24/h1,3-4,7-12H,2,5-6,13-19H2. The first-order valence-electron chi connectivity index (χ1n) is 10.2. The molecular formula is C23H29N3O. The van der Waals surface area contributed by atoms with E-state index in [4.69, 9.17) is 0 Å². The summed E-state index contributed by atoms with van der Waals surface area (Å²) in [6.07, 6.45) is 4.48. The molecule has 4 nitrogen and oxygen atoms in total. The highest BCUT2D eigenvalue weighted by Crippen LogP contribution is 2.24. The molecule has 27 heavy (non-hydrogen) atoms. The molecule has 0 unspecified atom stereocenters. The van der Waals surface area contributed by atoms with Gasteiger partial charge in [-0.15, -0.1) is 0 Å². The van der Waals surface area contributed by atoms with E-state index in [2.05, 4.69) is 34.1 Å². The van der Waals surface area contributed by atoms with Gasteiger partial charge in [0.1, 0.15) is 0 Å². The smallest absolute Gasteiger partial charge is 0.227 e. The average Bonchev–Trinajstić information content (AvgIpc) is 2.75. The Morgan fingerprint density at radius 3 is 1.81 bits per heavy atom. The van der Waals surface area contributed by atoms with E-state index in [1.54, 1.807) is 0 Å². The van der Waals surface area contributed by atoms with Crippen molar-refractivity contribution < 1.29 is 4.79 Å². The van der Waals surface area contributed by atoms with E-state index in [-0.39, 0.29) is 5.91 Å². The topological polar surface area (TPSA) is 26.8 Å². The van der Waals surface area contributed by atoms with Crippen molar-refractivity contribution >= 4 is 17.3 Å². The number of hydrogen-bond donors (Lipinski definition) is 0. The molecule has 0 atom stereocenters. The zero-order valence-corrected chi connectivity index (χ0v) is 16.0. The van der Waals surface area contributed by atoms with E-state index in [0.29, 0.717) is 6.42 Å². The Morgan fingerprint density at radius 1 is 0.667 bits per heavy atom. The predicted molar refractivity (Wildman–Crippen MR) is 111 cm³/mol. The van der Waals surface area contributed by atoms with Gasteiger partial charge in [-0.3, -0.25) is 4.79 Å². The Labute approximate surface area is 162 Å². The van der Waals surface area contributed by atoms with Crippen LogP contribution in [0.15, 0.2) is 54.6 Å². The van der Waals surface area contributed by atoms with Crippen LogP contribution >= 0.6 is 0 Å². The maximum Gasteiger partial charge on any atom is 0.227 e. The van der Waals surface area contributed by atoms with Gasteiger partial charge in [0.15, 0.2) is 0 Å². The molecule has 0 saturated carbocycles. The van der Waals surface area contributed by atoms with Gasteiger partial charge >= 0.3 is 0 Å². The van der Waals surface area contributed by atoms with Crippen LogP contribution in [0.25, 0.3) is 0 Å². The Hall–Kier alpha value is -2.49. The summed E-state index contributed by atoms with van der Waals surface area (Å²) in [4.78, 5) is 19.4. The second-order valence-corrected chi connectivity index (χ2v) is 7.59. The van der Waals surface area contributed by atoms with Crippen LogP contribution in [0.4, 0.5) is 11.4 Å². The van der Waals surface area contributed by atoms with E-state index in [1.165, 1.54) is 43.7 Å². The molecule has 0 aliphatic carbocycles. The number of rotatable bonds is 4. The van der Waals surface area contributed by atoms with E-state index >= 15 is 0 Å². The number of anilines is 2. The highest BCUT2D eigenvalue weighted by atomic mass is 16.2. The number of nitrogens with zero attached hydrogens (tertiary/aromatic N) is 3. The largest absolute Gasteiger partial charge is 0.372 e. The normalized spacial score (nSPS) is 17.9. The van der Waals surface area contributed by atoms with Gasteiger partial charge in [-0.25, -0.2) is 0 Å². The van der Waals surface area contributed by atoms with Crippen molar-refractivity contribution in [1.29, 1.82) is 0 Å². The van der Waals surface area contributed by atoms with Gasteiger partial charge in [-0.2, -0.15) is 0 Å². The Balaban J connectivity index is 1.30. The van der Waals surface area contributed by atoms with Crippen molar-refractivity contribution in [3.8, 4) is 0 Å². The van der Waals surface area contributed by atoms with Gasteiger partial charge in [0, 0.05) is 50.6 Å². The molecule has 2 aromatic carbocycles. The molecule has 0 N–H and O–H groups in total. The fraction of sp³-hybridized carbons (Fsp3) is 0.435. The summed E-state index contributed by atoms with van der Waals surface area (Å²) in [5.41, 5.74) is 3.71. The lowest BCUT2D eigenvalue weighted by molar-refractivity contribution is -0.130. The van der Waals surface area contributed by atoms with Gasteiger partial charge in [-0.05, 0) is 49.1 Å². The number of benzene rings is 2. The Bertz CT molecular complexity index is 730. The van der Waals surface area contributed by atoms with Crippen molar-refractivity contribution in [3.63, 3.8) is 0 Å². The molecule has 2 aliphatic rings. The molecule has 4 heteroatoms. The summed E-state index contributed by atoms with van der Waals surface area (Å²) in [5, 5.41) is 0. The molecule has 2 saturated heterocycles. The molecule has 1 amide bonds. The summed E-state index contributed by atoms with van der Waals surface area (Å²) in [6.45, 7) is 5.79. The second-order valence-electron chi connectivity index (χ2n) is 7.59. The third-order valence-electron chi connectivity index (χ3n) is 5.77. The highest BCUT2D eigenvalue weighted by Gasteiger charge is 2.21. The fourth-order valence-corrected chi connectivity index (χ4v) is 4.12. The van der Waals surface area contributed by atoms with E-state index in [0.717, 1.165) is 31.7 Å². The number of amides is 1. The molecule has 0 bridgehead atoms. The minimum Gasteiger partial charge on any atom is -0.372 e. The van der Waals surface area contributed by atoms with Crippen molar-refractivity contribution in [2.45, 2.75) is 25.7 Å². The molecule has 0 spiro atoms. The Kier molecular flexibility index (Phi) is 5.61. The van der Waals surface area contributed by atoms with Crippen LogP contribution in [-0.2, 0) is 11.2 Å². The Morgan fingerprint density at radius 2 is 1.22 bits per heavy atom. The minimum atomic E-state index is 0.237. The molecule has 2 heterocycles. The molecule has 4 rings (SSSR count). The van der Waals surface area contributed by atoms with Gasteiger partial charge in [0.05, 0.1) is 6.42 Å². The third-order valence-corrected chi connectivity index (χ3v) is 5.77. The molecule has 2 fully saturated rings. The summed E-state index contributed by atoms with van der Waals surface area (Å²) in [6, 6.07) is 19.0. The van der Waals surface area contributed by atoms with E-state index in [9.17, 15) is 4.79 Å². The zero-order chi connectivity index (χ0) is 18.5. The molecular weight excluding hydrogens is 334 g/mol. The summed E-state index contributed by atoms with van der Waals surface area (Å²) >= 11 is 0. The highest BCUT2D eigenvalue weighted by molar-refractivity contribution is 5.79. The number of piperidine rings is 1. The van der Waals surface area contributed by atoms with Crippen LogP contribution < -0.4 is 9.80 Å². The number of carbonyl (C=O) groups is 1. The van der Waals surface area contributed by atoms with Crippen molar-refractivity contribution in [1.82, 2.24) is 4.90 Å². The SMILES string of the molecule is O=C(Cc1ccccc1)N1CCN(c2ccc(N3CCCCC3)cc2)CC1. The van der Waals surface area contributed by atoms with Crippen molar-refractivity contribution in [2.24, 2.45) is 0 Å². The van der Waals surface area contributed by atoms with Crippen LogP contribution in [0.5, 0.6) is 0 Å². The molecule has 2 aromatic rings. The lowest BCUT2D eigenvalue weighted by Crippen LogP contribution is -2.49. The van der Waals surface area contributed by atoms with Gasteiger partial charge in [-0.1, -0.05) is 30.3 Å². The molecule has 142 valence electrons. The average molecular weight is 364 g/mol. The predicted octanol–water partition coefficient (Wildman–Crippen LogP) is 3.57. The van der Waals surface area contributed by atoms with Crippen LogP contribution in [0.2, 0.25) is 0 Å². The lowest BCUT2D eigenvalue weighted by Gasteiger charge is -2.36. The quantitative estimate of drug-likeness (QED) is 0.831.